The van der Waals surface area contributed by atoms with Gasteiger partial charge in [0.15, 0.2) is 0 Å². The fourth-order valence-electron chi connectivity index (χ4n) is 1.73. The average molecular weight is 370 g/mol. The van der Waals surface area contributed by atoms with Gasteiger partial charge in [-0.2, -0.15) is 0 Å². The van der Waals surface area contributed by atoms with Gasteiger partial charge >= 0.3 is 0 Å². The molecule has 5 nitrogen and oxygen atoms in total. The Labute approximate surface area is 134 Å². The van der Waals surface area contributed by atoms with E-state index in [2.05, 4.69) is 21.2 Å². The van der Waals surface area contributed by atoms with Crippen molar-refractivity contribution in [3.8, 4) is 0 Å². The third-order valence-electron chi connectivity index (χ3n) is 2.74. The van der Waals surface area contributed by atoms with Crippen LogP contribution < -0.4 is 5.32 Å². The summed E-state index contributed by atoms with van der Waals surface area (Å²) in [4.78, 5) is 22.2. The van der Waals surface area contributed by atoms with E-state index in [0.717, 1.165) is 10.0 Å². The Hall–Kier alpha value is -1.92. The van der Waals surface area contributed by atoms with Crippen molar-refractivity contribution < 1.29 is 9.72 Å². The number of hydrogen-bond acceptors (Lipinski definition) is 3. The van der Waals surface area contributed by atoms with Crippen LogP contribution in [0.1, 0.15) is 5.56 Å². The molecule has 0 atom stereocenters. The number of nitrogens with zero attached hydrogens (tertiary/aromatic N) is 1. The Morgan fingerprint density at radius 2 is 2.00 bits per heavy atom. The van der Waals surface area contributed by atoms with Crippen molar-refractivity contribution in [3.63, 3.8) is 0 Å². The average Bonchev–Trinajstić information content (AvgIpc) is 2.43. The van der Waals surface area contributed by atoms with E-state index in [1.807, 2.05) is 24.3 Å². The van der Waals surface area contributed by atoms with Crippen LogP contribution in [-0.2, 0) is 11.2 Å². The van der Waals surface area contributed by atoms with Crippen molar-refractivity contribution in [1.29, 1.82) is 0 Å². The second-order valence-corrected chi connectivity index (χ2v) is 5.50. The van der Waals surface area contributed by atoms with Gasteiger partial charge in [-0.3, -0.25) is 14.9 Å². The summed E-state index contributed by atoms with van der Waals surface area (Å²) >= 11 is 9.29. The standard InChI is InChI=1S/C14H10BrClN2O3/c15-11-4-2-1-3-9(11)7-14(19)17-13-8-10(18(20)21)5-6-12(13)16/h1-6,8H,7H2,(H,17,19). The molecule has 0 aromatic heterocycles. The van der Waals surface area contributed by atoms with Crippen molar-refractivity contribution in [2.45, 2.75) is 6.42 Å². The SMILES string of the molecule is O=C(Cc1ccccc1Br)Nc1cc([N+](=O)[O-])ccc1Cl. The monoisotopic (exact) mass is 368 g/mol. The summed E-state index contributed by atoms with van der Waals surface area (Å²) in [5.41, 5.74) is 0.912. The molecule has 0 bridgehead atoms. The highest BCUT2D eigenvalue weighted by Crippen LogP contribution is 2.27. The lowest BCUT2D eigenvalue weighted by Crippen LogP contribution is -2.15. The van der Waals surface area contributed by atoms with Crippen LogP contribution in [-0.4, -0.2) is 10.8 Å². The zero-order chi connectivity index (χ0) is 15.4. The lowest BCUT2D eigenvalue weighted by atomic mass is 10.1. The molecule has 2 aromatic carbocycles. The van der Waals surface area contributed by atoms with E-state index in [0.29, 0.717) is 0 Å². The number of nitrogens with one attached hydrogen (secondary N) is 1. The number of carbonyl (C=O) groups excluding carboxylic acids is 1. The number of anilines is 1. The number of rotatable bonds is 4. The lowest BCUT2D eigenvalue weighted by molar-refractivity contribution is -0.384. The number of nitro benzene ring substituents is 1. The Morgan fingerprint density at radius 3 is 2.67 bits per heavy atom. The van der Waals surface area contributed by atoms with Crippen LogP contribution in [0.4, 0.5) is 11.4 Å². The van der Waals surface area contributed by atoms with Gasteiger partial charge in [0.1, 0.15) is 0 Å². The van der Waals surface area contributed by atoms with Gasteiger partial charge in [-0.25, -0.2) is 0 Å². The molecule has 0 fully saturated rings. The maximum atomic E-state index is 12.0. The molecule has 21 heavy (non-hydrogen) atoms. The van der Waals surface area contributed by atoms with Gasteiger partial charge in [0, 0.05) is 16.6 Å². The normalized spacial score (nSPS) is 10.2. The number of non-ortho nitro benzene ring substituents is 1. The fraction of sp³-hybridized carbons (Fsp3) is 0.0714. The minimum atomic E-state index is -0.542. The minimum Gasteiger partial charge on any atom is -0.324 e. The molecular weight excluding hydrogens is 360 g/mol. The Bertz CT molecular complexity index is 706. The largest absolute Gasteiger partial charge is 0.324 e. The van der Waals surface area contributed by atoms with Gasteiger partial charge in [-0.05, 0) is 17.7 Å². The smallest absolute Gasteiger partial charge is 0.271 e. The molecule has 0 saturated carbocycles. The second-order valence-electron chi connectivity index (χ2n) is 4.24. The quantitative estimate of drug-likeness (QED) is 0.648. The predicted octanol–water partition coefficient (Wildman–Crippen LogP) is 4.19. The van der Waals surface area contributed by atoms with Crippen LogP contribution in [0, 0.1) is 10.1 Å². The van der Waals surface area contributed by atoms with E-state index >= 15 is 0 Å². The summed E-state index contributed by atoms with van der Waals surface area (Å²) in [6.45, 7) is 0. The maximum absolute atomic E-state index is 12.0. The van der Waals surface area contributed by atoms with E-state index in [9.17, 15) is 14.9 Å². The summed E-state index contributed by atoms with van der Waals surface area (Å²) in [5.74, 6) is -0.302. The number of benzene rings is 2. The molecule has 0 saturated heterocycles. The number of hydrogen-bond donors (Lipinski definition) is 1. The van der Waals surface area contributed by atoms with E-state index in [-0.39, 0.29) is 28.7 Å². The second kappa shape index (κ2) is 6.69. The van der Waals surface area contributed by atoms with Gasteiger partial charge < -0.3 is 5.32 Å². The molecular formula is C14H10BrClN2O3. The molecule has 2 aromatic rings. The fourth-order valence-corrected chi connectivity index (χ4v) is 2.32. The van der Waals surface area contributed by atoms with Crippen LogP contribution in [0.5, 0.6) is 0 Å². The van der Waals surface area contributed by atoms with Gasteiger partial charge in [0.25, 0.3) is 5.69 Å². The molecule has 2 rings (SSSR count). The van der Waals surface area contributed by atoms with Gasteiger partial charge in [0.05, 0.1) is 22.1 Å². The van der Waals surface area contributed by atoms with Crippen LogP contribution in [0.2, 0.25) is 5.02 Å². The topological polar surface area (TPSA) is 72.2 Å². The molecule has 1 amide bonds. The third-order valence-corrected chi connectivity index (χ3v) is 3.85. The lowest BCUT2D eigenvalue weighted by Gasteiger charge is -2.08. The van der Waals surface area contributed by atoms with Crippen LogP contribution in [0.3, 0.4) is 0 Å². The Balaban J connectivity index is 2.15. The molecule has 0 radical (unpaired) electrons. The van der Waals surface area contributed by atoms with E-state index in [4.69, 9.17) is 11.6 Å². The van der Waals surface area contributed by atoms with Crippen molar-refractivity contribution in [2.24, 2.45) is 0 Å². The first-order valence-electron chi connectivity index (χ1n) is 5.94. The Kier molecular flexibility index (Phi) is 4.93. The van der Waals surface area contributed by atoms with Crippen LogP contribution in [0.25, 0.3) is 0 Å². The first-order chi connectivity index (χ1) is 9.97. The van der Waals surface area contributed by atoms with Gasteiger partial charge in [-0.1, -0.05) is 45.7 Å². The zero-order valence-corrected chi connectivity index (χ0v) is 13.0. The molecule has 108 valence electrons. The summed E-state index contributed by atoms with van der Waals surface area (Å²) < 4.78 is 0.824. The first-order valence-corrected chi connectivity index (χ1v) is 7.11. The van der Waals surface area contributed by atoms with E-state index in [1.165, 1.54) is 18.2 Å². The highest BCUT2D eigenvalue weighted by molar-refractivity contribution is 9.10. The van der Waals surface area contributed by atoms with Gasteiger partial charge in [-0.15, -0.1) is 0 Å². The summed E-state index contributed by atoms with van der Waals surface area (Å²) in [5, 5.41) is 13.6. The van der Waals surface area contributed by atoms with E-state index < -0.39 is 4.92 Å². The molecule has 7 heteroatoms. The third kappa shape index (κ3) is 4.03. The van der Waals surface area contributed by atoms with Crippen LogP contribution in [0.15, 0.2) is 46.9 Å². The number of halogens is 2. The van der Waals surface area contributed by atoms with E-state index in [1.54, 1.807) is 0 Å². The van der Waals surface area contributed by atoms with Crippen molar-refractivity contribution in [1.82, 2.24) is 0 Å². The first kappa shape index (κ1) is 15.5. The molecule has 0 aliphatic heterocycles. The molecule has 1 N–H and O–H groups in total. The van der Waals surface area contributed by atoms with Crippen molar-refractivity contribution in [3.05, 3.63) is 67.6 Å². The summed E-state index contributed by atoms with van der Waals surface area (Å²) in [6, 6.07) is 11.2. The molecule has 0 aliphatic rings. The van der Waals surface area contributed by atoms with Crippen molar-refractivity contribution >= 4 is 44.8 Å². The number of amides is 1. The minimum absolute atomic E-state index is 0.129. The maximum Gasteiger partial charge on any atom is 0.271 e. The zero-order valence-electron chi connectivity index (χ0n) is 10.7. The number of carbonyl (C=O) groups is 1. The molecule has 0 heterocycles. The molecule has 0 spiro atoms. The van der Waals surface area contributed by atoms with Crippen LogP contribution >= 0.6 is 27.5 Å². The highest BCUT2D eigenvalue weighted by Gasteiger charge is 2.13. The highest BCUT2D eigenvalue weighted by atomic mass is 79.9. The Morgan fingerprint density at radius 1 is 1.29 bits per heavy atom. The summed E-state index contributed by atoms with van der Waals surface area (Å²) in [7, 11) is 0. The summed E-state index contributed by atoms with van der Waals surface area (Å²) in [6.07, 6.45) is 0.139. The predicted molar refractivity (Wildman–Crippen MR) is 84.6 cm³/mol. The van der Waals surface area contributed by atoms with Gasteiger partial charge in [0.2, 0.25) is 5.91 Å². The van der Waals surface area contributed by atoms with Crippen molar-refractivity contribution in [2.75, 3.05) is 5.32 Å². The molecule has 0 aliphatic carbocycles. The number of nitro groups is 1. The molecule has 0 unspecified atom stereocenters.